The molecule has 1 N–H and O–H groups in total. The molecule has 2 heterocycles. The molecule has 0 radical (unpaired) electrons. The van der Waals surface area contributed by atoms with Gasteiger partial charge >= 0.3 is 5.97 Å². The highest BCUT2D eigenvalue weighted by Gasteiger charge is 2.29. The first-order valence-electron chi connectivity index (χ1n) is 6.45. The minimum atomic E-state index is -1.09. The van der Waals surface area contributed by atoms with E-state index in [0.29, 0.717) is 18.0 Å². The second-order valence-corrected chi connectivity index (χ2v) is 4.67. The predicted molar refractivity (Wildman–Crippen MR) is 74.0 cm³/mol. The van der Waals surface area contributed by atoms with Gasteiger partial charge in [-0.3, -0.25) is 9.69 Å². The Morgan fingerprint density at radius 3 is 2.71 bits per heavy atom. The van der Waals surface area contributed by atoms with Crippen LogP contribution in [0.25, 0.3) is 0 Å². The Morgan fingerprint density at radius 2 is 2.05 bits per heavy atom. The molecule has 21 heavy (non-hydrogen) atoms. The third kappa shape index (κ3) is 2.24. The molecular formula is C15H13NO5. The van der Waals surface area contributed by atoms with Gasteiger partial charge in [0, 0.05) is 0 Å². The van der Waals surface area contributed by atoms with Crippen LogP contribution in [0, 0.1) is 6.92 Å². The summed E-state index contributed by atoms with van der Waals surface area (Å²) in [5, 5.41) is 9.18. The van der Waals surface area contributed by atoms with Crippen LogP contribution in [0.1, 0.15) is 26.7 Å². The second kappa shape index (κ2) is 4.97. The van der Waals surface area contributed by atoms with Gasteiger partial charge in [0.2, 0.25) is 0 Å². The molecule has 108 valence electrons. The van der Waals surface area contributed by atoms with Gasteiger partial charge in [0.15, 0.2) is 11.5 Å². The van der Waals surface area contributed by atoms with Crippen LogP contribution in [0.15, 0.2) is 34.7 Å². The number of aryl methyl sites for hydroxylation is 1. The summed E-state index contributed by atoms with van der Waals surface area (Å²) in [6.07, 6.45) is 0. The van der Waals surface area contributed by atoms with Gasteiger partial charge in [-0.25, -0.2) is 4.79 Å². The normalized spacial score (nSPS) is 13.5. The number of amides is 1. The molecule has 6 heteroatoms. The largest absolute Gasteiger partial charge is 0.489 e. The fraction of sp³-hybridized carbons (Fsp3) is 0.200. The summed E-state index contributed by atoms with van der Waals surface area (Å²) in [5.74, 6) is -0.315. The molecule has 2 aromatic rings. The minimum absolute atomic E-state index is 0.0422. The number of hydrogen-bond donors (Lipinski definition) is 1. The van der Waals surface area contributed by atoms with E-state index in [9.17, 15) is 14.7 Å². The van der Waals surface area contributed by atoms with Crippen LogP contribution in [-0.4, -0.2) is 30.1 Å². The standard InChI is InChI=1S/C15H13NO5/c1-9-5-6-12(21-9)14(17)16-7-8-20-13-10(15(18)19)3-2-4-11(13)16/h2-6H,7-8H2,1H3,(H,18,19). The van der Waals surface area contributed by atoms with Crippen molar-refractivity contribution in [3.8, 4) is 5.75 Å². The van der Waals surface area contributed by atoms with E-state index < -0.39 is 5.97 Å². The Kier molecular flexibility index (Phi) is 3.13. The number of carbonyl (C=O) groups is 2. The van der Waals surface area contributed by atoms with Crippen molar-refractivity contribution in [1.29, 1.82) is 0 Å². The first-order chi connectivity index (χ1) is 10.1. The molecule has 6 nitrogen and oxygen atoms in total. The quantitative estimate of drug-likeness (QED) is 0.916. The lowest BCUT2D eigenvalue weighted by molar-refractivity contribution is 0.0690. The van der Waals surface area contributed by atoms with Crippen LogP contribution >= 0.6 is 0 Å². The summed E-state index contributed by atoms with van der Waals surface area (Å²) >= 11 is 0. The van der Waals surface area contributed by atoms with Crippen LogP contribution in [0.5, 0.6) is 5.75 Å². The summed E-state index contributed by atoms with van der Waals surface area (Å²) in [6, 6.07) is 8.02. The van der Waals surface area contributed by atoms with Crippen molar-refractivity contribution in [2.24, 2.45) is 0 Å². The van der Waals surface area contributed by atoms with E-state index in [1.807, 2.05) is 0 Å². The number of ether oxygens (including phenoxy) is 1. The first kappa shape index (κ1) is 13.2. The van der Waals surface area contributed by atoms with Crippen molar-refractivity contribution < 1.29 is 23.8 Å². The summed E-state index contributed by atoms with van der Waals surface area (Å²) in [4.78, 5) is 25.2. The number of furan rings is 1. The number of carboxylic acid groups (broad SMARTS) is 1. The lowest BCUT2D eigenvalue weighted by Crippen LogP contribution is -2.38. The second-order valence-electron chi connectivity index (χ2n) is 4.67. The van der Waals surface area contributed by atoms with E-state index in [1.165, 1.54) is 11.0 Å². The van der Waals surface area contributed by atoms with E-state index in [-0.39, 0.29) is 29.6 Å². The molecule has 0 fully saturated rings. The number of hydrogen-bond acceptors (Lipinski definition) is 4. The van der Waals surface area contributed by atoms with Gasteiger partial charge in [0.25, 0.3) is 5.91 Å². The van der Waals surface area contributed by atoms with E-state index in [0.717, 1.165) is 0 Å². The molecule has 1 aliphatic rings. The van der Waals surface area contributed by atoms with Gasteiger partial charge < -0.3 is 14.3 Å². The Hall–Kier alpha value is -2.76. The highest BCUT2D eigenvalue weighted by molar-refractivity contribution is 6.06. The topological polar surface area (TPSA) is 80.0 Å². The highest BCUT2D eigenvalue weighted by atomic mass is 16.5. The number of carboxylic acids is 1. The van der Waals surface area contributed by atoms with Crippen LogP contribution in [0.4, 0.5) is 5.69 Å². The Labute approximate surface area is 120 Å². The molecule has 1 amide bonds. The van der Waals surface area contributed by atoms with E-state index in [2.05, 4.69) is 0 Å². The van der Waals surface area contributed by atoms with Crippen molar-refractivity contribution in [2.45, 2.75) is 6.92 Å². The molecule has 0 spiro atoms. The monoisotopic (exact) mass is 287 g/mol. The third-order valence-electron chi connectivity index (χ3n) is 3.27. The Balaban J connectivity index is 2.03. The maximum atomic E-state index is 12.5. The van der Waals surface area contributed by atoms with Crippen molar-refractivity contribution in [3.05, 3.63) is 47.4 Å². The van der Waals surface area contributed by atoms with Gasteiger partial charge in [-0.1, -0.05) is 6.07 Å². The van der Waals surface area contributed by atoms with Gasteiger partial charge in [-0.05, 0) is 31.2 Å². The number of aromatic carboxylic acids is 1. The molecule has 1 aromatic carbocycles. The van der Waals surface area contributed by atoms with Gasteiger partial charge in [-0.2, -0.15) is 0 Å². The first-order valence-corrected chi connectivity index (χ1v) is 6.45. The molecule has 0 atom stereocenters. The molecule has 0 saturated carbocycles. The zero-order valence-electron chi connectivity index (χ0n) is 11.3. The molecule has 1 aliphatic heterocycles. The van der Waals surface area contributed by atoms with Crippen LogP contribution in [0.2, 0.25) is 0 Å². The zero-order valence-corrected chi connectivity index (χ0v) is 11.3. The third-order valence-corrected chi connectivity index (χ3v) is 3.27. The van der Waals surface area contributed by atoms with Crippen LogP contribution in [-0.2, 0) is 0 Å². The zero-order chi connectivity index (χ0) is 15.0. The SMILES string of the molecule is Cc1ccc(C(=O)N2CCOc3c(C(=O)O)cccc32)o1. The maximum absolute atomic E-state index is 12.5. The number of fused-ring (bicyclic) bond motifs is 1. The van der Waals surface area contributed by atoms with Crippen molar-refractivity contribution in [2.75, 3.05) is 18.1 Å². The summed E-state index contributed by atoms with van der Waals surface area (Å²) < 4.78 is 10.8. The fourth-order valence-corrected chi connectivity index (χ4v) is 2.31. The molecule has 3 rings (SSSR count). The lowest BCUT2D eigenvalue weighted by Gasteiger charge is -2.29. The predicted octanol–water partition coefficient (Wildman–Crippen LogP) is 2.33. The number of para-hydroxylation sites is 1. The van der Waals surface area contributed by atoms with Gasteiger partial charge in [0.05, 0.1) is 12.2 Å². The molecule has 0 unspecified atom stereocenters. The molecule has 0 aliphatic carbocycles. The average Bonchev–Trinajstić information content (AvgIpc) is 2.91. The van der Waals surface area contributed by atoms with Gasteiger partial charge in [0.1, 0.15) is 17.9 Å². The Bertz CT molecular complexity index is 719. The summed E-state index contributed by atoms with van der Waals surface area (Å²) in [5.41, 5.74) is 0.487. The number of benzene rings is 1. The molecular weight excluding hydrogens is 274 g/mol. The van der Waals surface area contributed by atoms with Gasteiger partial charge in [-0.15, -0.1) is 0 Å². The van der Waals surface area contributed by atoms with E-state index >= 15 is 0 Å². The van der Waals surface area contributed by atoms with Crippen molar-refractivity contribution >= 4 is 17.6 Å². The fourth-order valence-electron chi connectivity index (χ4n) is 2.31. The lowest BCUT2D eigenvalue weighted by atomic mass is 10.1. The van der Waals surface area contributed by atoms with Crippen LogP contribution in [0.3, 0.4) is 0 Å². The van der Waals surface area contributed by atoms with Crippen molar-refractivity contribution in [1.82, 2.24) is 0 Å². The number of carbonyl (C=O) groups excluding carboxylic acids is 1. The Morgan fingerprint density at radius 1 is 1.24 bits per heavy atom. The number of rotatable bonds is 2. The van der Waals surface area contributed by atoms with Crippen molar-refractivity contribution in [3.63, 3.8) is 0 Å². The molecule has 1 aromatic heterocycles. The number of nitrogens with zero attached hydrogens (tertiary/aromatic N) is 1. The maximum Gasteiger partial charge on any atom is 0.339 e. The summed E-state index contributed by atoms with van der Waals surface area (Å²) in [7, 11) is 0. The smallest absolute Gasteiger partial charge is 0.339 e. The minimum Gasteiger partial charge on any atom is -0.489 e. The van der Waals surface area contributed by atoms with E-state index in [4.69, 9.17) is 9.15 Å². The molecule has 0 bridgehead atoms. The van der Waals surface area contributed by atoms with E-state index in [1.54, 1.807) is 31.2 Å². The van der Waals surface area contributed by atoms with Crippen LogP contribution < -0.4 is 9.64 Å². The highest BCUT2D eigenvalue weighted by Crippen LogP contribution is 2.35. The summed E-state index contributed by atoms with van der Waals surface area (Å²) in [6.45, 7) is 2.34. The molecule has 0 saturated heterocycles. The average molecular weight is 287 g/mol. The number of anilines is 1.